The van der Waals surface area contributed by atoms with Crippen LogP contribution in [0.25, 0.3) is 0 Å². The summed E-state index contributed by atoms with van der Waals surface area (Å²) in [4.78, 5) is 10.4. The lowest BCUT2D eigenvalue weighted by atomic mass is 9.84. The molecule has 0 fully saturated rings. The topological polar surface area (TPSA) is 49.3 Å². The third kappa shape index (κ3) is 6.89. The van der Waals surface area contributed by atoms with Gasteiger partial charge in [0.25, 0.3) is 0 Å². The van der Waals surface area contributed by atoms with Gasteiger partial charge in [0.05, 0.1) is 6.54 Å². The quantitative estimate of drug-likeness (QED) is 0.716. The summed E-state index contributed by atoms with van der Waals surface area (Å²) in [6.07, 6.45) is 0.998. The number of aliphatic carboxylic acids is 1. The van der Waals surface area contributed by atoms with E-state index in [0.717, 1.165) is 6.42 Å². The van der Waals surface area contributed by atoms with Crippen LogP contribution < -0.4 is 5.32 Å². The van der Waals surface area contributed by atoms with Crippen LogP contribution in [0.4, 0.5) is 0 Å². The van der Waals surface area contributed by atoms with Gasteiger partial charge in [-0.2, -0.15) is 0 Å². The molecule has 0 heterocycles. The summed E-state index contributed by atoms with van der Waals surface area (Å²) in [5, 5.41) is 11.7. The van der Waals surface area contributed by atoms with Gasteiger partial charge in [-0.25, -0.2) is 0 Å². The minimum atomic E-state index is -0.787. The Labute approximate surface area is 86.9 Å². The first-order valence-corrected chi connectivity index (χ1v) is 5.17. The van der Waals surface area contributed by atoms with E-state index in [4.69, 9.17) is 5.11 Å². The highest BCUT2D eigenvalue weighted by molar-refractivity contribution is 5.69. The van der Waals surface area contributed by atoms with E-state index >= 15 is 0 Å². The average Bonchev–Trinajstić information content (AvgIpc) is 1.94. The lowest BCUT2D eigenvalue weighted by Crippen LogP contribution is -2.39. The van der Waals surface area contributed by atoms with Crippen molar-refractivity contribution in [2.24, 2.45) is 11.3 Å². The summed E-state index contributed by atoms with van der Waals surface area (Å²) in [6, 6.07) is 0.283. The Hall–Kier alpha value is -0.570. The summed E-state index contributed by atoms with van der Waals surface area (Å²) >= 11 is 0. The van der Waals surface area contributed by atoms with E-state index in [2.05, 4.69) is 39.9 Å². The Bertz CT molecular complexity index is 182. The molecule has 84 valence electrons. The minimum absolute atomic E-state index is 0.0545. The second-order valence-corrected chi connectivity index (χ2v) is 5.39. The molecule has 0 aliphatic rings. The number of rotatable bonds is 5. The van der Waals surface area contributed by atoms with Gasteiger partial charge in [-0.15, -0.1) is 0 Å². The summed E-state index contributed by atoms with van der Waals surface area (Å²) in [5.74, 6) is -0.321. The molecule has 0 aromatic rings. The van der Waals surface area contributed by atoms with Gasteiger partial charge in [0.2, 0.25) is 0 Å². The highest BCUT2D eigenvalue weighted by Crippen LogP contribution is 2.23. The number of hydrogen-bond donors (Lipinski definition) is 2. The number of hydrogen-bond acceptors (Lipinski definition) is 2. The van der Waals surface area contributed by atoms with Crippen LogP contribution in [0.1, 0.15) is 41.0 Å². The van der Waals surface area contributed by atoms with Crippen LogP contribution in [0.5, 0.6) is 0 Å². The zero-order valence-corrected chi connectivity index (χ0v) is 9.92. The third-order valence-electron chi connectivity index (χ3n) is 2.15. The predicted molar refractivity (Wildman–Crippen MR) is 58.3 cm³/mol. The monoisotopic (exact) mass is 201 g/mol. The molecule has 0 aromatic heterocycles. The van der Waals surface area contributed by atoms with Crippen molar-refractivity contribution >= 4 is 5.97 Å². The molecule has 0 saturated heterocycles. The van der Waals surface area contributed by atoms with Crippen molar-refractivity contribution in [3.8, 4) is 0 Å². The van der Waals surface area contributed by atoms with E-state index < -0.39 is 5.97 Å². The van der Waals surface area contributed by atoms with Crippen molar-refractivity contribution in [2.75, 3.05) is 6.54 Å². The Balaban J connectivity index is 4.10. The van der Waals surface area contributed by atoms with Crippen LogP contribution in [-0.4, -0.2) is 23.7 Å². The van der Waals surface area contributed by atoms with E-state index in [-0.39, 0.29) is 18.0 Å². The fraction of sp³-hybridized carbons (Fsp3) is 0.909. The predicted octanol–water partition coefficient (Wildman–Crippen LogP) is 2.12. The van der Waals surface area contributed by atoms with Crippen molar-refractivity contribution in [2.45, 2.75) is 47.1 Å². The maximum atomic E-state index is 10.4. The van der Waals surface area contributed by atoms with E-state index in [0.29, 0.717) is 5.92 Å². The summed E-state index contributed by atoms with van der Waals surface area (Å²) in [6.45, 7) is 10.8. The highest BCUT2D eigenvalue weighted by atomic mass is 16.4. The molecule has 3 nitrogen and oxygen atoms in total. The van der Waals surface area contributed by atoms with Gasteiger partial charge in [0.15, 0.2) is 0 Å². The fourth-order valence-corrected chi connectivity index (χ4v) is 1.42. The fourth-order valence-electron chi connectivity index (χ4n) is 1.42. The first kappa shape index (κ1) is 13.4. The molecule has 1 unspecified atom stereocenters. The molecule has 2 N–H and O–H groups in total. The largest absolute Gasteiger partial charge is 0.480 e. The van der Waals surface area contributed by atoms with Crippen molar-refractivity contribution in [3.05, 3.63) is 0 Å². The van der Waals surface area contributed by atoms with Crippen LogP contribution in [0.2, 0.25) is 0 Å². The van der Waals surface area contributed by atoms with Crippen LogP contribution in [-0.2, 0) is 4.79 Å². The van der Waals surface area contributed by atoms with Crippen LogP contribution >= 0.6 is 0 Å². The second kappa shape index (κ2) is 5.35. The normalized spacial score (nSPS) is 14.4. The first-order valence-electron chi connectivity index (χ1n) is 5.17. The van der Waals surface area contributed by atoms with Gasteiger partial charge in [-0.1, -0.05) is 34.6 Å². The molecule has 0 aliphatic heterocycles. The standard InChI is InChI=1S/C11H23NO2/c1-8(2)9(6-11(3,4)5)12-7-10(13)14/h8-9,12H,6-7H2,1-5H3,(H,13,14). The number of carbonyl (C=O) groups is 1. The lowest BCUT2D eigenvalue weighted by molar-refractivity contribution is -0.136. The molecule has 14 heavy (non-hydrogen) atoms. The molecule has 0 aliphatic carbocycles. The maximum Gasteiger partial charge on any atom is 0.317 e. The Morgan fingerprint density at radius 1 is 1.36 bits per heavy atom. The van der Waals surface area contributed by atoms with Gasteiger partial charge in [-0.05, 0) is 17.8 Å². The molecule has 1 atom stereocenters. The molecule has 0 amide bonds. The van der Waals surface area contributed by atoms with Gasteiger partial charge in [0, 0.05) is 6.04 Å². The smallest absolute Gasteiger partial charge is 0.317 e. The van der Waals surface area contributed by atoms with Crippen molar-refractivity contribution in [3.63, 3.8) is 0 Å². The van der Waals surface area contributed by atoms with E-state index in [1.165, 1.54) is 0 Å². The SMILES string of the molecule is CC(C)C(CC(C)(C)C)NCC(=O)O. The zero-order valence-electron chi connectivity index (χ0n) is 9.92. The molecule has 3 heteroatoms. The summed E-state index contributed by atoms with van der Waals surface area (Å²) in [5.41, 5.74) is 0.237. The van der Waals surface area contributed by atoms with Gasteiger partial charge in [0.1, 0.15) is 0 Å². The molecular weight excluding hydrogens is 178 g/mol. The van der Waals surface area contributed by atoms with Crippen molar-refractivity contribution < 1.29 is 9.90 Å². The lowest BCUT2D eigenvalue weighted by Gasteiger charge is -2.29. The van der Waals surface area contributed by atoms with Gasteiger partial charge in [-0.3, -0.25) is 4.79 Å². The number of carboxylic acids is 1. The van der Waals surface area contributed by atoms with Crippen molar-refractivity contribution in [1.29, 1.82) is 0 Å². The third-order valence-corrected chi connectivity index (χ3v) is 2.15. The Kier molecular flexibility index (Phi) is 5.13. The zero-order chi connectivity index (χ0) is 11.4. The van der Waals surface area contributed by atoms with Crippen LogP contribution in [0.3, 0.4) is 0 Å². The van der Waals surface area contributed by atoms with Gasteiger partial charge >= 0.3 is 5.97 Å². The maximum absolute atomic E-state index is 10.4. The molecule has 0 saturated carbocycles. The first-order chi connectivity index (χ1) is 6.22. The van der Waals surface area contributed by atoms with Gasteiger partial charge < -0.3 is 10.4 Å². The number of nitrogens with one attached hydrogen (secondary N) is 1. The average molecular weight is 201 g/mol. The minimum Gasteiger partial charge on any atom is -0.480 e. The summed E-state index contributed by atoms with van der Waals surface area (Å²) < 4.78 is 0. The second-order valence-electron chi connectivity index (χ2n) is 5.39. The Morgan fingerprint density at radius 2 is 1.86 bits per heavy atom. The number of carboxylic acid groups (broad SMARTS) is 1. The van der Waals surface area contributed by atoms with E-state index in [1.54, 1.807) is 0 Å². The molecule has 0 rings (SSSR count). The molecule has 0 aromatic carbocycles. The van der Waals surface area contributed by atoms with Crippen LogP contribution in [0.15, 0.2) is 0 Å². The molecule has 0 bridgehead atoms. The highest BCUT2D eigenvalue weighted by Gasteiger charge is 2.21. The summed E-state index contributed by atoms with van der Waals surface area (Å²) in [7, 11) is 0. The van der Waals surface area contributed by atoms with E-state index in [1.807, 2.05) is 0 Å². The van der Waals surface area contributed by atoms with Crippen LogP contribution in [0, 0.1) is 11.3 Å². The molecular formula is C11H23NO2. The molecule has 0 radical (unpaired) electrons. The molecule has 0 spiro atoms. The Morgan fingerprint density at radius 3 is 2.14 bits per heavy atom. The van der Waals surface area contributed by atoms with E-state index in [9.17, 15) is 4.79 Å². The van der Waals surface area contributed by atoms with Crippen molar-refractivity contribution in [1.82, 2.24) is 5.32 Å².